The van der Waals surface area contributed by atoms with Crippen molar-refractivity contribution in [2.45, 2.75) is 0 Å². The third kappa shape index (κ3) is 23.2. The average Bonchev–Trinajstić information content (AvgIpc) is 1.60. The Kier molecular flexibility index (Phi) is 34.2. The molecule has 626 valence electrons. The van der Waals surface area contributed by atoms with Gasteiger partial charge in [-0.25, -0.2) is 0 Å². The molecule has 0 atom stereocenters. The zero-order valence-electron chi connectivity index (χ0n) is 71.1. The number of thiophene rings is 3. The molecule has 0 unspecified atom stereocenters. The largest absolute Gasteiger partial charge is 4.00 e. The number of rotatable bonds is 9. The van der Waals surface area contributed by atoms with Gasteiger partial charge in [-0.15, -0.1) is 107 Å². The number of para-hydroxylation sites is 9. The van der Waals surface area contributed by atoms with Crippen LogP contribution in [-0.4, -0.2) is 50.4 Å². The molecule has 0 aliphatic rings. The molecule has 21 aromatic rings. The van der Waals surface area contributed by atoms with E-state index in [9.17, 15) is 15.3 Å². The average molecular weight is 1780 g/mol. The molecule has 6 aromatic heterocycles. The van der Waals surface area contributed by atoms with Gasteiger partial charge in [-0.3, -0.25) is 0 Å². The molecule has 0 aliphatic heterocycles. The Hall–Kier alpha value is -13.8. The third-order valence-electron chi connectivity index (χ3n) is 20.1. The molecule has 0 spiro atoms. The monoisotopic (exact) mass is 1780 g/mol. The number of nitrogens with zero attached hydrogens (tertiary/aromatic N) is 3. The number of aromatic nitrogens is 3. The van der Waals surface area contributed by atoms with Crippen molar-refractivity contribution in [3.05, 3.63) is 506 Å². The second-order valence-electron chi connectivity index (χ2n) is 28.9. The van der Waals surface area contributed by atoms with Gasteiger partial charge in [0, 0.05) is 66.2 Å². The molecular formula is C113H97N3O6S3Ti2. The Bertz CT molecular complexity index is 6310. The Balaban J connectivity index is 0.000000149. The quantitative estimate of drug-likeness (QED) is 0.0763. The molecule has 0 fully saturated rings. The Morgan fingerprint density at radius 3 is 0.638 bits per heavy atom. The minimum Gasteiger partial charge on any atom is -0.713 e. The van der Waals surface area contributed by atoms with Gasteiger partial charge in [0.2, 0.25) is 11.5 Å². The molecule has 15 aromatic carbocycles. The van der Waals surface area contributed by atoms with Crippen molar-refractivity contribution in [2.24, 2.45) is 0 Å². The summed E-state index contributed by atoms with van der Waals surface area (Å²) in [7, 11) is 13.2. The molecular weight excluding hydrogens is 1690 g/mol. The Morgan fingerprint density at radius 1 is 0.252 bits per heavy atom. The van der Waals surface area contributed by atoms with Crippen molar-refractivity contribution in [3.63, 3.8) is 0 Å². The minimum atomic E-state index is 0. The molecule has 21 rings (SSSR count). The fourth-order valence-electron chi connectivity index (χ4n) is 14.2. The van der Waals surface area contributed by atoms with Crippen LogP contribution in [0, 0.1) is 55.8 Å². The number of aromatic hydroxyl groups is 3. The van der Waals surface area contributed by atoms with Crippen LogP contribution in [0.1, 0.15) is 33.4 Å². The summed E-state index contributed by atoms with van der Waals surface area (Å²) in [4.78, 5) is 2.47. The second kappa shape index (κ2) is 46.3. The smallest absolute Gasteiger partial charge is 0.713 e. The van der Waals surface area contributed by atoms with E-state index >= 15 is 0 Å². The van der Waals surface area contributed by atoms with E-state index in [1.807, 2.05) is 334 Å². The van der Waals surface area contributed by atoms with Crippen LogP contribution >= 0.6 is 34.0 Å². The van der Waals surface area contributed by atoms with Gasteiger partial charge >= 0.3 is 43.4 Å². The van der Waals surface area contributed by atoms with Crippen molar-refractivity contribution < 1.29 is 72.2 Å². The van der Waals surface area contributed by atoms with Gasteiger partial charge in [0.1, 0.15) is 20.0 Å². The van der Waals surface area contributed by atoms with Gasteiger partial charge in [-0.2, -0.15) is 148 Å². The zero-order chi connectivity index (χ0) is 87.6. The first kappa shape index (κ1) is 93.9. The van der Waals surface area contributed by atoms with Crippen molar-refractivity contribution in [3.8, 4) is 82.9 Å². The summed E-state index contributed by atoms with van der Waals surface area (Å²) in [6, 6.07) is 133. The number of hydrogen-bond acceptors (Lipinski definition) is 7. The van der Waals surface area contributed by atoms with Crippen LogP contribution in [-0.2, 0) is 52.2 Å². The summed E-state index contributed by atoms with van der Waals surface area (Å²) >= 11 is 4.60. The zero-order valence-corrected chi connectivity index (χ0v) is 76.7. The van der Waals surface area contributed by atoms with Gasteiger partial charge in [0.25, 0.3) is 0 Å². The van der Waals surface area contributed by atoms with E-state index in [2.05, 4.69) is 175 Å². The molecule has 9 nitrogen and oxygen atoms in total. The molecule has 0 saturated heterocycles. The van der Waals surface area contributed by atoms with Gasteiger partial charge in [0.05, 0.1) is 83.0 Å². The fourth-order valence-corrected chi connectivity index (χ4v) is 17.1. The van der Waals surface area contributed by atoms with Crippen molar-refractivity contribution in [2.75, 3.05) is 21.3 Å². The topological polar surface area (TPSA) is 90.1 Å². The molecule has 6 heterocycles. The summed E-state index contributed by atoms with van der Waals surface area (Å²) in [5, 5.41) is 46.7. The molecule has 0 aliphatic carbocycles. The van der Waals surface area contributed by atoms with Crippen molar-refractivity contribution in [1.82, 2.24) is 13.7 Å². The van der Waals surface area contributed by atoms with Crippen molar-refractivity contribution in [1.29, 1.82) is 0 Å². The number of hydrogen-bond donors (Lipinski definition) is 3. The maximum absolute atomic E-state index is 11.2. The Labute approximate surface area is 788 Å². The summed E-state index contributed by atoms with van der Waals surface area (Å²) in [6.45, 7) is 22.3. The predicted octanol–water partition coefficient (Wildman–Crippen LogP) is 31.2. The van der Waals surface area contributed by atoms with Crippen LogP contribution < -0.4 is 4.74 Å². The fraction of sp³-hybridized carbons (Fsp3) is 0.0265. The van der Waals surface area contributed by atoms with Gasteiger partial charge in [-0.05, 0) is 74.9 Å². The molecule has 14 heteroatoms. The van der Waals surface area contributed by atoms with E-state index in [-0.39, 0.29) is 60.7 Å². The Morgan fingerprint density at radius 2 is 0.433 bits per heavy atom. The summed E-state index contributed by atoms with van der Waals surface area (Å²) in [5.74, 6) is 3.39. The number of benzene rings is 15. The summed E-state index contributed by atoms with van der Waals surface area (Å²) in [6.07, 6.45) is 0. The normalized spacial score (nSPS) is 10.2. The molecule has 3 N–H and O–H groups in total. The number of fused-ring (bicyclic) bond motifs is 9. The van der Waals surface area contributed by atoms with Gasteiger partial charge < -0.3 is 42.5 Å². The van der Waals surface area contributed by atoms with Gasteiger partial charge in [0.15, 0.2) is 17.2 Å². The van der Waals surface area contributed by atoms with E-state index in [0.29, 0.717) is 0 Å². The molecule has 0 radical (unpaired) electrons. The predicted molar refractivity (Wildman–Crippen MR) is 533 cm³/mol. The molecule has 0 bridgehead atoms. The molecule has 127 heavy (non-hydrogen) atoms. The molecule has 0 saturated carbocycles. The maximum Gasteiger partial charge on any atom is 4.00 e. The molecule has 0 amide bonds. The first-order valence-corrected chi connectivity index (χ1v) is 43.0. The number of ether oxygens (including phenoxy) is 1. The second-order valence-corrected chi connectivity index (χ2v) is 31.5. The van der Waals surface area contributed by atoms with Crippen LogP contribution in [0.25, 0.3) is 114 Å². The first-order valence-electron chi connectivity index (χ1n) is 40.3. The first-order chi connectivity index (χ1) is 61.0. The number of methoxy groups -OCH3 is 1. The van der Waals surface area contributed by atoms with Crippen LogP contribution in [0.15, 0.2) is 417 Å². The van der Waals surface area contributed by atoms with E-state index in [0.717, 1.165) is 132 Å². The van der Waals surface area contributed by atoms with Crippen molar-refractivity contribution >= 4 is 99.4 Å². The standard InChI is InChI=1S/2C24H19NO2S.C23H17NO2S.6C7H7.2Ti/c2*1-27(2)22-14-8-5-11-18(22)24-23(26)21(15-28-24)25-19-12-6-3-9-16(19)17-10-4-7-13-20(17)25;1-26-21-13-7-4-10-17(21)23-22(25)20(14-27-23)24-18-11-5-2-8-15(18)16-9-3-6-12-19(16)24;6*1-7-5-3-2-4-6-7;;/h2*3-15,26H,1H2,2H3;2-14,25H,1H3;6*2-6H,1H2;;/q;;;6*-1;+2;+4. The SMILES string of the molecule is COc1ccccc1-c1scc(-n2c3ccccc3c3ccccc32)c1O.[CH2-][O+](C)c1ccccc1-c1scc(-n2c3ccccc3c3ccccc32)c1O.[CH2-][O+](C)c1ccccc1-c1scc(-n2c3ccccc3c3ccccc32)c1O.[CH2-]c1ccccc1.[CH2-]c1ccccc1.[CH2-]c1ccccc1.[CH2-]c1ccccc1.[CH2-]c1ccccc1.[CH2-]c1ccccc1.[Ti+2].[Ti+4]. The van der Waals surface area contributed by atoms with E-state index in [4.69, 9.17) is 4.74 Å². The summed E-state index contributed by atoms with van der Waals surface area (Å²) in [5.41, 5.74) is 18.1. The van der Waals surface area contributed by atoms with Crippen LogP contribution in [0.5, 0.6) is 34.5 Å². The summed E-state index contributed by atoms with van der Waals surface area (Å²) < 4.78 is 17.2. The third-order valence-corrected chi connectivity index (χ3v) is 23.1. The minimum absolute atomic E-state index is 0. The van der Waals surface area contributed by atoms with E-state index in [1.165, 1.54) is 66.3 Å². The van der Waals surface area contributed by atoms with Crippen LogP contribution in [0.3, 0.4) is 0 Å². The maximum atomic E-state index is 11.2. The van der Waals surface area contributed by atoms with E-state index in [1.54, 1.807) is 7.11 Å². The van der Waals surface area contributed by atoms with E-state index < -0.39 is 0 Å². The van der Waals surface area contributed by atoms with Crippen LogP contribution in [0.4, 0.5) is 0 Å². The van der Waals surface area contributed by atoms with Gasteiger partial charge in [-0.1, -0.05) is 182 Å². The van der Waals surface area contributed by atoms with Crippen LogP contribution in [0.2, 0.25) is 0 Å².